The van der Waals surface area contributed by atoms with Crippen LogP contribution in [0.4, 0.5) is 8.78 Å². The molecule has 21 heavy (non-hydrogen) atoms. The first-order chi connectivity index (χ1) is 9.97. The van der Waals surface area contributed by atoms with Crippen LogP contribution in [0, 0.1) is 11.6 Å². The summed E-state index contributed by atoms with van der Waals surface area (Å²) in [6.07, 6.45) is 1.46. The summed E-state index contributed by atoms with van der Waals surface area (Å²) in [5.74, 6) is -1.05. The van der Waals surface area contributed by atoms with Crippen molar-refractivity contribution in [1.29, 1.82) is 0 Å². The van der Waals surface area contributed by atoms with Crippen LogP contribution in [0.1, 0.15) is 19.4 Å². The van der Waals surface area contributed by atoms with Gasteiger partial charge in [-0.1, -0.05) is 25.4 Å². The standard InChI is InChI=1S/C15H15ClF2N2O/c1-9(2)20-8-10-5-6-19-15(14(10)18)21-11-3-4-13(17)12(16)7-11/h3-7,9,20H,8H2,1-2H3. The Hall–Kier alpha value is -1.72. The quantitative estimate of drug-likeness (QED) is 0.893. The molecule has 0 atom stereocenters. The van der Waals surface area contributed by atoms with Crippen LogP contribution in [-0.4, -0.2) is 11.0 Å². The van der Waals surface area contributed by atoms with Crippen LogP contribution in [0.2, 0.25) is 5.02 Å². The van der Waals surface area contributed by atoms with Crippen LogP contribution in [0.15, 0.2) is 30.5 Å². The van der Waals surface area contributed by atoms with Gasteiger partial charge in [0.2, 0.25) is 0 Å². The van der Waals surface area contributed by atoms with E-state index in [0.29, 0.717) is 12.1 Å². The van der Waals surface area contributed by atoms with Crippen molar-refractivity contribution >= 4 is 11.6 Å². The molecule has 3 nitrogen and oxygen atoms in total. The van der Waals surface area contributed by atoms with Crippen molar-refractivity contribution < 1.29 is 13.5 Å². The number of rotatable bonds is 5. The Labute approximate surface area is 126 Å². The fraction of sp³-hybridized carbons (Fsp3) is 0.267. The highest BCUT2D eigenvalue weighted by atomic mass is 35.5. The Bertz CT molecular complexity index is 635. The molecule has 1 aromatic carbocycles. The van der Waals surface area contributed by atoms with Crippen molar-refractivity contribution in [1.82, 2.24) is 10.3 Å². The molecule has 1 aromatic heterocycles. The van der Waals surface area contributed by atoms with Crippen molar-refractivity contribution in [3.05, 3.63) is 52.7 Å². The number of hydrogen-bond acceptors (Lipinski definition) is 3. The third-order valence-electron chi connectivity index (χ3n) is 2.74. The average molecular weight is 313 g/mol. The minimum Gasteiger partial charge on any atom is -0.436 e. The second-order valence-corrected chi connectivity index (χ2v) is 5.21. The number of benzene rings is 1. The van der Waals surface area contributed by atoms with Gasteiger partial charge in [0.1, 0.15) is 11.6 Å². The van der Waals surface area contributed by atoms with E-state index in [1.54, 1.807) is 6.07 Å². The third-order valence-corrected chi connectivity index (χ3v) is 3.03. The topological polar surface area (TPSA) is 34.2 Å². The molecule has 0 spiro atoms. The Morgan fingerprint density at radius 2 is 2.05 bits per heavy atom. The zero-order valence-corrected chi connectivity index (χ0v) is 12.4. The van der Waals surface area contributed by atoms with Crippen LogP contribution >= 0.6 is 11.6 Å². The minimum atomic E-state index is -0.563. The van der Waals surface area contributed by atoms with Crippen molar-refractivity contribution in [2.45, 2.75) is 26.4 Å². The van der Waals surface area contributed by atoms with E-state index >= 15 is 0 Å². The highest BCUT2D eigenvalue weighted by Crippen LogP contribution is 2.27. The van der Waals surface area contributed by atoms with Gasteiger partial charge in [-0.2, -0.15) is 0 Å². The Balaban J connectivity index is 2.19. The van der Waals surface area contributed by atoms with Gasteiger partial charge in [0.05, 0.1) is 5.02 Å². The van der Waals surface area contributed by atoms with Crippen molar-refractivity contribution in [2.24, 2.45) is 0 Å². The van der Waals surface area contributed by atoms with E-state index in [1.165, 1.54) is 18.3 Å². The first-order valence-electron chi connectivity index (χ1n) is 6.47. The summed E-state index contributed by atoms with van der Waals surface area (Å²) in [6.45, 7) is 4.31. The molecular formula is C15H15ClF2N2O. The highest BCUT2D eigenvalue weighted by Gasteiger charge is 2.12. The summed E-state index contributed by atoms with van der Waals surface area (Å²) in [6, 6.07) is 5.60. The molecule has 0 bridgehead atoms. The Kier molecular flexibility index (Phi) is 5.09. The monoisotopic (exact) mass is 312 g/mol. The zero-order chi connectivity index (χ0) is 15.4. The fourth-order valence-electron chi connectivity index (χ4n) is 1.64. The molecule has 0 fully saturated rings. The number of aromatic nitrogens is 1. The highest BCUT2D eigenvalue weighted by molar-refractivity contribution is 6.30. The zero-order valence-electron chi connectivity index (χ0n) is 11.7. The first-order valence-corrected chi connectivity index (χ1v) is 6.85. The molecule has 2 rings (SSSR count). The minimum absolute atomic E-state index is 0.0921. The molecule has 6 heteroatoms. The smallest absolute Gasteiger partial charge is 0.256 e. The summed E-state index contributed by atoms with van der Waals surface area (Å²) in [5.41, 5.74) is 0.446. The summed E-state index contributed by atoms with van der Waals surface area (Å²) >= 11 is 5.66. The summed E-state index contributed by atoms with van der Waals surface area (Å²) in [4.78, 5) is 3.85. The lowest BCUT2D eigenvalue weighted by Gasteiger charge is -2.11. The van der Waals surface area contributed by atoms with Crippen LogP contribution in [-0.2, 0) is 6.54 Å². The van der Waals surface area contributed by atoms with Gasteiger partial charge in [0, 0.05) is 30.4 Å². The van der Waals surface area contributed by atoms with Crippen LogP contribution < -0.4 is 10.1 Å². The molecule has 0 radical (unpaired) electrons. The number of ether oxygens (including phenoxy) is 1. The molecule has 0 saturated heterocycles. The average Bonchev–Trinajstić information content (AvgIpc) is 2.43. The summed E-state index contributed by atoms with van der Waals surface area (Å²) < 4.78 is 32.7. The molecule has 0 aliphatic heterocycles. The maximum Gasteiger partial charge on any atom is 0.256 e. The number of hydrogen-bond donors (Lipinski definition) is 1. The van der Waals surface area contributed by atoms with Crippen LogP contribution in [0.3, 0.4) is 0 Å². The van der Waals surface area contributed by atoms with Gasteiger partial charge in [-0.3, -0.25) is 0 Å². The second-order valence-electron chi connectivity index (χ2n) is 4.80. The molecule has 0 saturated carbocycles. The van der Waals surface area contributed by atoms with E-state index in [0.717, 1.165) is 6.07 Å². The maximum absolute atomic E-state index is 14.3. The molecule has 112 valence electrons. The molecule has 0 unspecified atom stereocenters. The number of nitrogens with zero attached hydrogens (tertiary/aromatic N) is 1. The van der Waals surface area contributed by atoms with E-state index in [4.69, 9.17) is 16.3 Å². The van der Waals surface area contributed by atoms with E-state index < -0.39 is 11.6 Å². The van der Waals surface area contributed by atoms with Crippen molar-refractivity contribution in [2.75, 3.05) is 0 Å². The SMILES string of the molecule is CC(C)NCc1ccnc(Oc2ccc(F)c(Cl)c2)c1F. The van der Waals surface area contributed by atoms with Gasteiger partial charge in [-0.25, -0.2) is 13.8 Å². The molecule has 0 aliphatic carbocycles. The Morgan fingerprint density at radius 1 is 1.29 bits per heavy atom. The van der Waals surface area contributed by atoms with Gasteiger partial charge in [0.25, 0.3) is 5.88 Å². The van der Waals surface area contributed by atoms with Crippen molar-refractivity contribution in [3.8, 4) is 11.6 Å². The summed E-state index contributed by atoms with van der Waals surface area (Å²) in [5, 5.41) is 3.02. The number of halogens is 3. The molecule has 2 aromatic rings. The molecule has 1 heterocycles. The van der Waals surface area contributed by atoms with E-state index in [9.17, 15) is 8.78 Å². The van der Waals surface area contributed by atoms with Crippen molar-refractivity contribution in [3.63, 3.8) is 0 Å². The van der Waals surface area contributed by atoms with Crippen LogP contribution in [0.5, 0.6) is 11.6 Å². The van der Waals surface area contributed by atoms with Gasteiger partial charge < -0.3 is 10.1 Å². The predicted octanol–water partition coefficient (Wildman–Crippen LogP) is 4.30. The Morgan fingerprint density at radius 3 is 2.71 bits per heavy atom. The lowest BCUT2D eigenvalue weighted by Crippen LogP contribution is -2.22. The van der Waals surface area contributed by atoms with E-state index in [1.807, 2.05) is 13.8 Å². The number of nitrogens with one attached hydrogen (secondary N) is 1. The maximum atomic E-state index is 14.3. The predicted molar refractivity (Wildman–Crippen MR) is 77.7 cm³/mol. The van der Waals surface area contributed by atoms with E-state index in [2.05, 4.69) is 10.3 Å². The van der Waals surface area contributed by atoms with Crippen LogP contribution in [0.25, 0.3) is 0 Å². The van der Waals surface area contributed by atoms with Gasteiger partial charge in [-0.15, -0.1) is 0 Å². The third kappa shape index (κ3) is 4.12. The lowest BCUT2D eigenvalue weighted by molar-refractivity contribution is 0.415. The second kappa shape index (κ2) is 6.83. The largest absolute Gasteiger partial charge is 0.436 e. The molecule has 0 amide bonds. The molecule has 1 N–H and O–H groups in total. The normalized spacial score (nSPS) is 11.0. The summed E-state index contributed by atoms with van der Waals surface area (Å²) in [7, 11) is 0. The van der Waals surface area contributed by atoms with E-state index in [-0.39, 0.29) is 22.7 Å². The molecule has 0 aliphatic rings. The fourth-order valence-corrected chi connectivity index (χ4v) is 1.81. The van der Waals surface area contributed by atoms with Gasteiger partial charge in [0.15, 0.2) is 5.82 Å². The first kappa shape index (κ1) is 15.7. The number of pyridine rings is 1. The lowest BCUT2D eigenvalue weighted by atomic mass is 10.2. The molecular weight excluding hydrogens is 298 g/mol. The van der Waals surface area contributed by atoms with Gasteiger partial charge in [-0.05, 0) is 18.2 Å². The van der Waals surface area contributed by atoms with Gasteiger partial charge >= 0.3 is 0 Å².